The molecule has 32 heavy (non-hydrogen) atoms. The first-order valence-electron chi connectivity index (χ1n) is 10.4. The van der Waals surface area contributed by atoms with Crippen LogP contribution in [0.5, 0.6) is 11.5 Å². The highest BCUT2D eigenvalue weighted by molar-refractivity contribution is 6.14. The van der Waals surface area contributed by atoms with Gasteiger partial charge in [-0.1, -0.05) is 42.5 Å². The molecule has 2 N–H and O–H groups in total. The molecule has 1 unspecified atom stereocenters. The van der Waals surface area contributed by atoms with Crippen LogP contribution in [-0.4, -0.2) is 66.0 Å². The van der Waals surface area contributed by atoms with Gasteiger partial charge >= 0.3 is 0 Å². The summed E-state index contributed by atoms with van der Waals surface area (Å²) < 4.78 is 5.21. The van der Waals surface area contributed by atoms with E-state index in [1.54, 1.807) is 18.2 Å². The van der Waals surface area contributed by atoms with Crippen LogP contribution in [0.25, 0.3) is 6.08 Å². The number of nitrogens with zero attached hydrogens (tertiary/aromatic N) is 2. The number of carbonyl (C=O) groups excluding carboxylic acids is 2. The minimum absolute atomic E-state index is 0.0137. The van der Waals surface area contributed by atoms with Crippen molar-refractivity contribution in [2.75, 3.05) is 34.3 Å². The highest BCUT2D eigenvalue weighted by Gasteiger charge is 2.42. The largest absolute Gasteiger partial charge is 0.504 e. The van der Waals surface area contributed by atoms with Gasteiger partial charge in [-0.05, 0) is 56.4 Å². The monoisotopic (exact) mass is 436 g/mol. The lowest BCUT2D eigenvalue weighted by Gasteiger charge is -2.27. The third kappa shape index (κ3) is 5.00. The van der Waals surface area contributed by atoms with E-state index in [9.17, 15) is 19.8 Å². The molecule has 0 spiro atoms. The average molecular weight is 437 g/mol. The summed E-state index contributed by atoms with van der Waals surface area (Å²) in [6.07, 6.45) is 3.68. The highest BCUT2D eigenvalue weighted by Crippen LogP contribution is 2.40. The smallest absolute Gasteiger partial charge is 0.290 e. The lowest BCUT2D eigenvalue weighted by molar-refractivity contribution is -0.129. The molecule has 7 nitrogen and oxygen atoms in total. The van der Waals surface area contributed by atoms with Crippen LogP contribution in [0.1, 0.15) is 23.6 Å². The van der Waals surface area contributed by atoms with Gasteiger partial charge in [-0.25, -0.2) is 0 Å². The Morgan fingerprint density at radius 3 is 2.53 bits per heavy atom. The zero-order valence-electron chi connectivity index (χ0n) is 18.5. The van der Waals surface area contributed by atoms with E-state index in [0.29, 0.717) is 18.5 Å². The summed E-state index contributed by atoms with van der Waals surface area (Å²) in [7, 11) is 5.30. The van der Waals surface area contributed by atoms with Gasteiger partial charge in [-0.3, -0.25) is 9.59 Å². The molecule has 0 aromatic heterocycles. The lowest BCUT2D eigenvalue weighted by atomic mass is 9.95. The molecule has 0 radical (unpaired) electrons. The van der Waals surface area contributed by atoms with Gasteiger partial charge < -0.3 is 24.7 Å². The molecular formula is C25H28N2O5. The maximum atomic E-state index is 13.1. The minimum Gasteiger partial charge on any atom is -0.504 e. The Morgan fingerprint density at radius 1 is 1.16 bits per heavy atom. The first kappa shape index (κ1) is 23.1. The molecule has 0 bridgehead atoms. The van der Waals surface area contributed by atoms with Crippen molar-refractivity contribution >= 4 is 17.8 Å². The first-order chi connectivity index (χ1) is 15.3. The Kier molecular flexibility index (Phi) is 7.33. The van der Waals surface area contributed by atoms with Gasteiger partial charge in [0.1, 0.15) is 0 Å². The van der Waals surface area contributed by atoms with E-state index >= 15 is 0 Å². The van der Waals surface area contributed by atoms with Crippen molar-refractivity contribution < 1.29 is 24.5 Å². The quantitative estimate of drug-likeness (QED) is 0.586. The Balaban J connectivity index is 1.99. The molecule has 2 aromatic rings. The van der Waals surface area contributed by atoms with Crippen LogP contribution < -0.4 is 4.74 Å². The second-order valence-corrected chi connectivity index (χ2v) is 7.86. The number of aliphatic hydroxyl groups is 1. The Hall–Kier alpha value is -3.58. The fourth-order valence-corrected chi connectivity index (χ4v) is 3.73. The molecule has 1 amide bonds. The summed E-state index contributed by atoms with van der Waals surface area (Å²) in [4.78, 5) is 29.6. The standard InChI is InChI=1S/C25H28N2O5/c1-26(2)14-7-15-27-23(18-11-13-19(28)21(16-18)32-3)22(24(30)25(27)31)20(29)12-10-17-8-5-4-6-9-17/h4-6,8-13,16,23,28,30H,7,14-15H2,1-3H3. The van der Waals surface area contributed by atoms with E-state index in [2.05, 4.69) is 0 Å². The Morgan fingerprint density at radius 2 is 1.88 bits per heavy atom. The molecule has 0 saturated carbocycles. The third-order valence-corrected chi connectivity index (χ3v) is 5.32. The molecule has 1 aliphatic rings. The summed E-state index contributed by atoms with van der Waals surface area (Å²) >= 11 is 0. The number of methoxy groups -OCH3 is 1. The van der Waals surface area contributed by atoms with E-state index in [1.165, 1.54) is 24.2 Å². The van der Waals surface area contributed by atoms with Crippen molar-refractivity contribution in [2.45, 2.75) is 12.5 Å². The minimum atomic E-state index is -0.785. The predicted octanol–water partition coefficient (Wildman–Crippen LogP) is 3.33. The summed E-state index contributed by atoms with van der Waals surface area (Å²) in [5.74, 6) is -1.41. The molecular weight excluding hydrogens is 408 g/mol. The maximum Gasteiger partial charge on any atom is 0.290 e. The summed E-state index contributed by atoms with van der Waals surface area (Å²) in [5, 5.41) is 20.6. The number of hydrogen-bond acceptors (Lipinski definition) is 6. The summed E-state index contributed by atoms with van der Waals surface area (Å²) in [6.45, 7) is 1.10. The maximum absolute atomic E-state index is 13.1. The molecule has 0 aliphatic carbocycles. The van der Waals surface area contributed by atoms with Crippen molar-refractivity contribution in [1.82, 2.24) is 9.80 Å². The van der Waals surface area contributed by atoms with Gasteiger partial charge in [0.15, 0.2) is 23.0 Å². The molecule has 168 valence electrons. The van der Waals surface area contributed by atoms with Crippen LogP contribution in [0, 0.1) is 0 Å². The van der Waals surface area contributed by atoms with Crippen molar-refractivity contribution in [1.29, 1.82) is 0 Å². The molecule has 7 heteroatoms. The second kappa shape index (κ2) is 10.2. The van der Waals surface area contributed by atoms with Crippen LogP contribution in [0.15, 0.2) is 65.9 Å². The number of amides is 1. The number of phenolic OH excluding ortho intramolecular Hbond substituents is 1. The molecule has 1 atom stereocenters. The highest BCUT2D eigenvalue weighted by atomic mass is 16.5. The predicted molar refractivity (Wildman–Crippen MR) is 122 cm³/mol. The molecule has 0 saturated heterocycles. The Labute approximate surface area is 187 Å². The number of phenols is 1. The number of benzene rings is 2. The van der Waals surface area contributed by atoms with Gasteiger partial charge in [0.2, 0.25) is 0 Å². The number of aromatic hydroxyl groups is 1. The van der Waals surface area contributed by atoms with Crippen LogP contribution >= 0.6 is 0 Å². The zero-order valence-corrected chi connectivity index (χ0v) is 18.5. The summed E-state index contributed by atoms with van der Waals surface area (Å²) in [6, 6.07) is 13.2. The molecule has 3 rings (SSSR count). The zero-order chi connectivity index (χ0) is 23.3. The van der Waals surface area contributed by atoms with Gasteiger partial charge in [-0.15, -0.1) is 0 Å². The number of hydrogen-bond donors (Lipinski definition) is 2. The summed E-state index contributed by atoms with van der Waals surface area (Å²) in [5.41, 5.74) is 1.41. The van der Waals surface area contributed by atoms with Crippen LogP contribution in [-0.2, 0) is 9.59 Å². The number of allylic oxidation sites excluding steroid dienone is 1. The number of rotatable bonds is 9. The lowest BCUT2D eigenvalue weighted by Crippen LogP contribution is -2.33. The fraction of sp³-hybridized carbons (Fsp3) is 0.280. The normalized spacial score (nSPS) is 16.4. The topological polar surface area (TPSA) is 90.3 Å². The van der Waals surface area contributed by atoms with Crippen LogP contribution in [0.4, 0.5) is 0 Å². The SMILES string of the molecule is COc1cc(C2C(C(=O)C=Cc3ccccc3)=C(O)C(=O)N2CCCN(C)C)ccc1O. The molecule has 1 aliphatic heterocycles. The number of ketones is 1. The Bertz CT molecular complexity index is 1040. The van der Waals surface area contributed by atoms with Crippen molar-refractivity contribution in [3.05, 3.63) is 77.1 Å². The molecule has 0 fully saturated rings. The van der Waals surface area contributed by atoms with E-state index < -0.39 is 23.5 Å². The van der Waals surface area contributed by atoms with Gasteiger partial charge in [0.05, 0.1) is 18.7 Å². The molecule has 1 heterocycles. The third-order valence-electron chi connectivity index (χ3n) is 5.32. The van der Waals surface area contributed by atoms with E-state index in [1.807, 2.05) is 49.3 Å². The number of carbonyl (C=O) groups is 2. The molecule has 2 aromatic carbocycles. The fourth-order valence-electron chi connectivity index (χ4n) is 3.73. The van der Waals surface area contributed by atoms with Gasteiger partial charge in [-0.2, -0.15) is 0 Å². The number of aliphatic hydroxyl groups excluding tert-OH is 1. The second-order valence-electron chi connectivity index (χ2n) is 7.86. The van der Waals surface area contributed by atoms with Gasteiger partial charge in [0, 0.05) is 6.54 Å². The van der Waals surface area contributed by atoms with Crippen molar-refractivity contribution in [2.24, 2.45) is 0 Å². The van der Waals surface area contributed by atoms with Crippen LogP contribution in [0.2, 0.25) is 0 Å². The number of ether oxygens (including phenoxy) is 1. The first-order valence-corrected chi connectivity index (χ1v) is 10.4. The van der Waals surface area contributed by atoms with E-state index in [4.69, 9.17) is 4.74 Å². The van der Waals surface area contributed by atoms with Gasteiger partial charge in [0.25, 0.3) is 5.91 Å². The van der Waals surface area contributed by atoms with Crippen LogP contribution in [0.3, 0.4) is 0 Å². The van der Waals surface area contributed by atoms with Crippen molar-refractivity contribution in [3.63, 3.8) is 0 Å². The average Bonchev–Trinajstić information content (AvgIpc) is 3.03. The van der Waals surface area contributed by atoms with E-state index in [0.717, 1.165) is 12.1 Å². The van der Waals surface area contributed by atoms with Crippen molar-refractivity contribution in [3.8, 4) is 11.5 Å². The van der Waals surface area contributed by atoms with E-state index in [-0.39, 0.29) is 17.1 Å².